The number of sulfonamides is 1. The maximum Gasteiger partial charge on any atom is 0.260 e. The highest BCUT2D eigenvalue weighted by Crippen LogP contribution is 2.33. The molecule has 1 aliphatic rings. The van der Waals surface area contributed by atoms with Crippen LogP contribution in [0.2, 0.25) is 0 Å². The number of rotatable bonds is 6. The largest absolute Gasteiger partial charge is 0.387 e. The van der Waals surface area contributed by atoms with Crippen LogP contribution in [0.1, 0.15) is 24.5 Å². The number of aromatic nitrogens is 1. The maximum absolute atomic E-state index is 13.0. The Morgan fingerprint density at radius 1 is 1.22 bits per heavy atom. The Balaban J connectivity index is 1.84. The van der Waals surface area contributed by atoms with Crippen molar-refractivity contribution in [3.8, 4) is 0 Å². The van der Waals surface area contributed by atoms with Gasteiger partial charge in [-0.1, -0.05) is 18.2 Å². The summed E-state index contributed by atoms with van der Waals surface area (Å²) >= 11 is 0. The molecule has 1 saturated carbocycles. The van der Waals surface area contributed by atoms with Gasteiger partial charge in [0.15, 0.2) is 5.03 Å². The van der Waals surface area contributed by atoms with Crippen LogP contribution in [0, 0.1) is 5.82 Å². The summed E-state index contributed by atoms with van der Waals surface area (Å²) < 4.78 is 39.7. The summed E-state index contributed by atoms with van der Waals surface area (Å²) in [4.78, 5) is 3.91. The number of halogens is 1. The van der Waals surface area contributed by atoms with E-state index in [0.717, 1.165) is 12.8 Å². The quantitative estimate of drug-likeness (QED) is 0.877. The number of hydrogen-bond donors (Lipinski definition) is 1. The maximum atomic E-state index is 13.0. The van der Waals surface area contributed by atoms with Gasteiger partial charge in [0.1, 0.15) is 5.82 Å². The van der Waals surface area contributed by atoms with Crippen molar-refractivity contribution in [3.63, 3.8) is 0 Å². The molecular weight excluding hydrogens is 319 g/mol. The van der Waals surface area contributed by atoms with E-state index in [1.807, 2.05) is 0 Å². The Morgan fingerprint density at radius 2 is 1.91 bits per heavy atom. The monoisotopic (exact) mass is 336 g/mol. The van der Waals surface area contributed by atoms with E-state index in [1.165, 1.54) is 40.8 Å². The average molecular weight is 336 g/mol. The number of aliphatic hydroxyl groups is 1. The molecule has 23 heavy (non-hydrogen) atoms. The van der Waals surface area contributed by atoms with Crippen LogP contribution in [0.4, 0.5) is 4.39 Å². The van der Waals surface area contributed by atoms with Gasteiger partial charge in [0.25, 0.3) is 10.0 Å². The Hall–Kier alpha value is -1.83. The second-order valence-electron chi connectivity index (χ2n) is 5.54. The summed E-state index contributed by atoms with van der Waals surface area (Å²) in [5, 5.41) is 10.3. The van der Waals surface area contributed by atoms with E-state index in [9.17, 15) is 17.9 Å². The first-order valence-corrected chi connectivity index (χ1v) is 8.79. The molecule has 1 atom stereocenters. The summed E-state index contributed by atoms with van der Waals surface area (Å²) in [6.07, 6.45) is 1.94. The minimum absolute atomic E-state index is 0.0294. The van der Waals surface area contributed by atoms with Crippen molar-refractivity contribution in [1.29, 1.82) is 0 Å². The van der Waals surface area contributed by atoms with Gasteiger partial charge in [0, 0.05) is 18.8 Å². The van der Waals surface area contributed by atoms with Gasteiger partial charge in [-0.2, -0.15) is 4.31 Å². The van der Waals surface area contributed by atoms with E-state index in [1.54, 1.807) is 12.1 Å². The van der Waals surface area contributed by atoms with Gasteiger partial charge in [0.2, 0.25) is 0 Å². The minimum atomic E-state index is -3.76. The van der Waals surface area contributed by atoms with Crippen LogP contribution in [0.3, 0.4) is 0 Å². The highest BCUT2D eigenvalue weighted by Gasteiger charge is 2.39. The van der Waals surface area contributed by atoms with Crippen molar-refractivity contribution in [1.82, 2.24) is 9.29 Å². The molecule has 0 amide bonds. The van der Waals surface area contributed by atoms with Crippen molar-refractivity contribution in [2.45, 2.75) is 30.0 Å². The Bertz CT molecular complexity index is 762. The third-order valence-corrected chi connectivity index (χ3v) is 5.61. The topological polar surface area (TPSA) is 70.5 Å². The predicted molar refractivity (Wildman–Crippen MR) is 82.5 cm³/mol. The highest BCUT2D eigenvalue weighted by molar-refractivity contribution is 7.89. The number of pyridine rings is 1. The Labute approximate surface area is 134 Å². The Kier molecular flexibility index (Phi) is 4.43. The summed E-state index contributed by atoms with van der Waals surface area (Å²) in [7, 11) is -3.76. The van der Waals surface area contributed by atoms with Crippen LogP contribution in [0.5, 0.6) is 0 Å². The smallest absolute Gasteiger partial charge is 0.260 e. The van der Waals surface area contributed by atoms with Crippen molar-refractivity contribution >= 4 is 10.0 Å². The number of benzene rings is 1. The van der Waals surface area contributed by atoms with Gasteiger partial charge in [-0.15, -0.1) is 0 Å². The molecule has 0 aliphatic heterocycles. The molecule has 7 heteroatoms. The van der Waals surface area contributed by atoms with Gasteiger partial charge < -0.3 is 5.11 Å². The molecular formula is C16H17FN2O3S. The summed E-state index contributed by atoms with van der Waals surface area (Å²) in [5.41, 5.74) is 0.480. The molecule has 0 radical (unpaired) electrons. The fourth-order valence-electron chi connectivity index (χ4n) is 2.39. The van der Waals surface area contributed by atoms with Crippen LogP contribution >= 0.6 is 0 Å². The van der Waals surface area contributed by atoms with Crippen molar-refractivity contribution in [3.05, 3.63) is 60.0 Å². The summed E-state index contributed by atoms with van der Waals surface area (Å²) in [6, 6.07) is 9.99. The number of aliphatic hydroxyl groups excluding tert-OH is 1. The van der Waals surface area contributed by atoms with E-state index in [2.05, 4.69) is 4.98 Å². The van der Waals surface area contributed by atoms with Gasteiger partial charge in [0.05, 0.1) is 6.10 Å². The van der Waals surface area contributed by atoms with Crippen molar-refractivity contribution in [2.24, 2.45) is 0 Å². The second-order valence-corrected chi connectivity index (χ2v) is 7.38. The van der Waals surface area contributed by atoms with Crippen LogP contribution in [0.15, 0.2) is 53.7 Å². The molecule has 1 aliphatic carbocycles. The van der Waals surface area contributed by atoms with E-state index in [0.29, 0.717) is 5.56 Å². The second kappa shape index (κ2) is 6.35. The SMILES string of the molecule is O=S(=O)(c1ccccn1)N(CC(O)c1ccc(F)cc1)C1CC1. The standard InChI is InChI=1S/C16H17FN2O3S/c17-13-6-4-12(5-7-13)15(20)11-19(14-8-9-14)23(21,22)16-3-1-2-10-18-16/h1-7,10,14-15,20H,8-9,11H2. The molecule has 1 aromatic heterocycles. The summed E-state index contributed by atoms with van der Waals surface area (Å²) in [6.45, 7) is -0.0742. The lowest BCUT2D eigenvalue weighted by Gasteiger charge is -2.24. The molecule has 2 aromatic rings. The fraction of sp³-hybridized carbons (Fsp3) is 0.312. The predicted octanol–water partition coefficient (Wildman–Crippen LogP) is 2.11. The Morgan fingerprint density at radius 3 is 2.48 bits per heavy atom. The zero-order valence-corrected chi connectivity index (χ0v) is 13.2. The first-order valence-electron chi connectivity index (χ1n) is 7.35. The number of hydrogen-bond acceptors (Lipinski definition) is 4. The molecule has 0 bridgehead atoms. The molecule has 5 nitrogen and oxygen atoms in total. The van der Waals surface area contributed by atoms with Gasteiger partial charge in [-0.25, -0.2) is 17.8 Å². The molecule has 1 heterocycles. The van der Waals surface area contributed by atoms with Crippen LogP contribution < -0.4 is 0 Å². The van der Waals surface area contributed by atoms with Crippen LogP contribution in [-0.4, -0.2) is 35.4 Å². The van der Waals surface area contributed by atoms with E-state index in [4.69, 9.17) is 0 Å². The zero-order chi connectivity index (χ0) is 16.4. The molecule has 122 valence electrons. The fourth-order valence-corrected chi connectivity index (χ4v) is 4.01. The lowest BCUT2D eigenvalue weighted by Crippen LogP contribution is -2.37. The van der Waals surface area contributed by atoms with Crippen molar-refractivity contribution < 1.29 is 17.9 Å². The molecule has 1 N–H and O–H groups in total. The first-order chi connectivity index (χ1) is 11.0. The van der Waals surface area contributed by atoms with Gasteiger partial charge >= 0.3 is 0 Å². The lowest BCUT2D eigenvalue weighted by atomic mass is 10.1. The number of nitrogens with zero attached hydrogens (tertiary/aromatic N) is 2. The van der Waals surface area contributed by atoms with Crippen LogP contribution in [-0.2, 0) is 10.0 Å². The average Bonchev–Trinajstić information content (AvgIpc) is 3.38. The van der Waals surface area contributed by atoms with Gasteiger partial charge in [-0.05, 0) is 42.7 Å². The molecule has 1 aromatic carbocycles. The van der Waals surface area contributed by atoms with E-state index in [-0.39, 0.29) is 17.6 Å². The third-order valence-electron chi connectivity index (χ3n) is 3.77. The first kappa shape index (κ1) is 16.0. The normalized spacial score (nSPS) is 16.5. The molecule has 1 fully saturated rings. The summed E-state index contributed by atoms with van der Waals surface area (Å²) in [5.74, 6) is -0.402. The minimum Gasteiger partial charge on any atom is -0.387 e. The third kappa shape index (κ3) is 3.57. The highest BCUT2D eigenvalue weighted by atomic mass is 32.2. The molecule has 3 rings (SSSR count). The van der Waals surface area contributed by atoms with E-state index >= 15 is 0 Å². The lowest BCUT2D eigenvalue weighted by molar-refractivity contribution is 0.145. The molecule has 0 spiro atoms. The van der Waals surface area contributed by atoms with Crippen LogP contribution in [0.25, 0.3) is 0 Å². The molecule has 0 saturated heterocycles. The molecule has 1 unspecified atom stereocenters. The van der Waals surface area contributed by atoms with E-state index < -0.39 is 21.9 Å². The van der Waals surface area contributed by atoms with Crippen molar-refractivity contribution in [2.75, 3.05) is 6.54 Å². The van der Waals surface area contributed by atoms with Gasteiger partial charge in [-0.3, -0.25) is 0 Å². The zero-order valence-electron chi connectivity index (χ0n) is 12.3.